The lowest BCUT2D eigenvalue weighted by Gasteiger charge is -2.12. The van der Waals surface area contributed by atoms with E-state index in [1.165, 1.54) is 6.07 Å². The number of ether oxygens (including phenoxy) is 1. The second-order valence-electron chi connectivity index (χ2n) is 5.51. The Morgan fingerprint density at radius 3 is 2.52 bits per heavy atom. The van der Waals surface area contributed by atoms with Crippen LogP contribution < -0.4 is 4.74 Å². The van der Waals surface area contributed by atoms with Crippen LogP contribution in [0, 0.1) is 17.5 Å². The summed E-state index contributed by atoms with van der Waals surface area (Å²) in [6, 6.07) is 5.82. The first-order chi connectivity index (χ1) is 12.8. The fourth-order valence-corrected chi connectivity index (χ4v) is 3.22. The molecule has 0 aliphatic rings. The summed E-state index contributed by atoms with van der Waals surface area (Å²) in [4.78, 5) is 14.9. The number of carbonyl (C=O) groups is 1. The number of aromatic carboxylic acids is 1. The molecule has 1 aromatic heterocycles. The molecule has 27 heavy (non-hydrogen) atoms. The van der Waals surface area contributed by atoms with Gasteiger partial charge in [0.1, 0.15) is 29.8 Å². The molecule has 0 saturated carbocycles. The van der Waals surface area contributed by atoms with Gasteiger partial charge in [-0.15, -0.1) is 11.3 Å². The van der Waals surface area contributed by atoms with Gasteiger partial charge in [-0.05, 0) is 18.2 Å². The van der Waals surface area contributed by atoms with Crippen LogP contribution in [-0.4, -0.2) is 16.1 Å². The van der Waals surface area contributed by atoms with Crippen molar-refractivity contribution in [2.45, 2.75) is 13.0 Å². The third kappa shape index (κ3) is 4.58. The van der Waals surface area contributed by atoms with Gasteiger partial charge in [0.15, 0.2) is 0 Å². The van der Waals surface area contributed by atoms with E-state index >= 15 is 0 Å². The number of benzene rings is 2. The molecule has 0 unspecified atom stereocenters. The van der Waals surface area contributed by atoms with Crippen LogP contribution in [0.1, 0.15) is 26.6 Å². The molecule has 0 aliphatic heterocycles. The topological polar surface area (TPSA) is 59.4 Å². The van der Waals surface area contributed by atoms with Crippen LogP contribution in [0.2, 0.25) is 5.02 Å². The maximum atomic E-state index is 13.8. The van der Waals surface area contributed by atoms with Gasteiger partial charge in [-0.1, -0.05) is 11.6 Å². The van der Waals surface area contributed by atoms with Crippen LogP contribution in [0.3, 0.4) is 0 Å². The molecule has 0 atom stereocenters. The van der Waals surface area contributed by atoms with Crippen molar-refractivity contribution in [3.8, 4) is 5.75 Å². The van der Waals surface area contributed by atoms with Gasteiger partial charge in [-0.25, -0.2) is 22.9 Å². The molecular weight excluding hydrogens is 403 g/mol. The normalized spacial score (nSPS) is 10.8. The Kier molecular flexibility index (Phi) is 5.67. The highest BCUT2D eigenvalue weighted by Crippen LogP contribution is 2.27. The zero-order valence-corrected chi connectivity index (χ0v) is 15.1. The van der Waals surface area contributed by atoms with Crippen LogP contribution in [0.4, 0.5) is 13.2 Å². The summed E-state index contributed by atoms with van der Waals surface area (Å²) in [5.74, 6) is -3.94. The molecule has 0 spiro atoms. The summed E-state index contributed by atoms with van der Waals surface area (Å²) >= 11 is 6.98. The quantitative estimate of drug-likeness (QED) is 0.612. The summed E-state index contributed by atoms with van der Waals surface area (Å²) in [6.07, 6.45) is 0.216. The summed E-state index contributed by atoms with van der Waals surface area (Å²) in [7, 11) is 0. The molecule has 0 amide bonds. The van der Waals surface area contributed by atoms with E-state index in [1.807, 2.05) is 0 Å². The highest BCUT2D eigenvalue weighted by atomic mass is 35.5. The smallest absolute Gasteiger partial charge is 0.365 e. The SMILES string of the molecule is O=C(O)c1nc(Cc2cc(Cl)ccc2OCc2c(F)cc(F)cc2F)cs1. The number of carboxylic acid groups (broad SMARTS) is 1. The Bertz CT molecular complexity index is 986. The molecular formula is C18H11ClF3NO3S. The molecule has 0 bridgehead atoms. The first-order valence-electron chi connectivity index (χ1n) is 7.56. The van der Waals surface area contributed by atoms with Crippen molar-refractivity contribution >= 4 is 28.9 Å². The average molecular weight is 414 g/mol. The van der Waals surface area contributed by atoms with Crippen LogP contribution >= 0.6 is 22.9 Å². The van der Waals surface area contributed by atoms with Crippen LogP contribution in [0.15, 0.2) is 35.7 Å². The van der Waals surface area contributed by atoms with E-state index in [9.17, 15) is 18.0 Å². The van der Waals surface area contributed by atoms with Gasteiger partial charge < -0.3 is 9.84 Å². The molecule has 3 aromatic rings. The minimum Gasteiger partial charge on any atom is -0.488 e. The van der Waals surface area contributed by atoms with E-state index in [0.29, 0.717) is 34.2 Å². The van der Waals surface area contributed by atoms with E-state index in [0.717, 1.165) is 11.3 Å². The third-order valence-electron chi connectivity index (χ3n) is 3.61. The van der Waals surface area contributed by atoms with E-state index < -0.39 is 35.6 Å². The molecule has 2 aromatic carbocycles. The highest BCUT2D eigenvalue weighted by molar-refractivity contribution is 7.11. The highest BCUT2D eigenvalue weighted by Gasteiger charge is 2.15. The van der Waals surface area contributed by atoms with E-state index in [2.05, 4.69) is 4.98 Å². The second-order valence-corrected chi connectivity index (χ2v) is 6.81. The van der Waals surface area contributed by atoms with E-state index in [4.69, 9.17) is 21.4 Å². The number of nitrogens with zero attached hydrogens (tertiary/aromatic N) is 1. The van der Waals surface area contributed by atoms with Crippen LogP contribution in [0.5, 0.6) is 5.75 Å². The van der Waals surface area contributed by atoms with Gasteiger partial charge in [0.05, 0.1) is 11.3 Å². The maximum absolute atomic E-state index is 13.8. The molecule has 9 heteroatoms. The summed E-state index contributed by atoms with van der Waals surface area (Å²) < 4.78 is 46.0. The second kappa shape index (κ2) is 7.98. The van der Waals surface area contributed by atoms with Gasteiger partial charge in [0.25, 0.3) is 0 Å². The van der Waals surface area contributed by atoms with E-state index in [1.54, 1.807) is 17.5 Å². The number of aromatic nitrogens is 1. The predicted octanol–water partition coefficient (Wildman–Crippen LogP) is 5.08. The number of rotatable bonds is 6. The number of hydrogen-bond acceptors (Lipinski definition) is 4. The Balaban J connectivity index is 1.83. The minimum atomic E-state index is -1.13. The molecule has 140 valence electrons. The third-order valence-corrected chi connectivity index (χ3v) is 4.72. The zero-order valence-electron chi connectivity index (χ0n) is 13.5. The summed E-state index contributed by atoms with van der Waals surface area (Å²) in [5.41, 5.74) is 0.649. The molecule has 4 nitrogen and oxygen atoms in total. The lowest BCUT2D eigenvalue weighted by Crippen LogP contribution is -2.05. The van der Waals surface area contributed by atoms with Crippen molar-refractivity contribution in [2.75, 3.05) is 0 Å². The average Bonchev–Trinajstić information content (AvgIpc) is 3.04. The number of carboxylic acids is 1. The van der Waals surface area contributed by atoms with Crippen molar-refractivity contribution in [3.05, 3.63) is 80.0 Å². The molecule has 3 rings (SSSR count). The summed E-state index contributed by atoms with van der Waals surface area (Å²) in [6.45, 7) is -0.454. The van der Waals surface area contributed by atoms with Gasteiger partial charge in [-0.3, -0.25) is 0 Å². The van der Waals surface area contributed by atoms with Crippen molar-refractivity contribution in [3.63, 3.8) is 0 Å². The fraction of sp³-hybridized carbons (Fsp3) is 0.111. The van der Waals surface area contributed by atoms with Crippen molar-refractivity contribution in [1.82, 2.24) is 4.98 Å². The molecule has 0 saturated heterocycles. The number of halogens is 4. The number of hydrogen-bond donors (Lipinski definition) is 1. The largest absolute Gasteiger partial charge is 0.488 e. The van der Waals surface area contributed by atoms with Crippen molar-refractivity contribution in [2.24, 2.45) is 0 Å². The first kappa shape index (κ1) is 19.2. The standard InChI is InChI=1S/C18H11ClF3NO3S/c19-10-1-2-16(26-7-13-14(21)5-11(20)6-15(13)22)9(3-10)4-12-8-27-17(23-12)18(24)25/h1-3,5-6,8H,4,7H2,(H,24,25). The van der Waals surface area contributed by atoms with Crippen LogP contribution in [0.25, 0.3) is 0 Å². The van der Waals surface area contributed by atoms with Gasteiger partial charge in [0.2, 0.25) is 5.01 Å². The lowest BCUT2D eigenvalue weighted by atomic mass is 10.1. The Hall–Kier alpha value is -2.58. The van der Waals surface area contributed by atoms with Gasteiger partial charge >= 0.3 is 5.97 Å². The summed E-state index contributed by atoms with van der Waals surface area (Å²) in [5, 5.41) is 10.9. The Morgan fingerprint density at radius 1 is 1.19 bits per heavy atom. The van der Waals surface area contributed by atoms with Gasteiger partial charge in [0, 0.05) is 34.5 Å². The molecule has 0 radical (unpaired) electrons. The van der Waals surface area contributed by atoms with Crippen molar-refractivity contribution in [1.29, 1.82) is 0 Å². The Labute approximate surface area is 160 Å². The van der Waals surface area contributed by atoms with Crippen molar-refractivity contribution < 1.29 is 27.8 Å². The van der Waals surface area contributed by atoms with E-state index in [-0.39, 0.29) is 11.4 Å². The molecule has 0 aliphatic carbocycles. The van der Waals surface area contributed by atoms with Crippen LogP contribution in [-0.2, 0) is 13.0 Å². The fourth-order valence-electron chi connectivity index (χ4n) is 2.37. The maximum Gasteiger partial charge on any atom is 0.365 e. The monoisotopic (exact) mass is 413 g/mol. The zero-order chi connectivity index (χ0) is 19.6. The van der Waals surface area contributed by atoms with Gasteiger partial charge in [-0.2, -0.15) is 0 Å². The number of thiazole rings is 1. The molecule has 1 N–H and O–H groups in total. The first-order valence-corrected chi connectivity index (χ1v) is 8.81. The predicted molar refractivity (Wildman–Crippen MR) is 94.0 cm³/mol. The molecule has 1 heterocycles. The minimum absolute atomic E-state index is 0.0510. The molecule has 0 fully saturated rings. The lowest BCUT2D eigenvalue weighted by molar-refractivity contribution is 0.0696. The Morgan fingerprint density at radius 2 is 1.89 bits per heavy atom.